The Morgan fingerprint density at radius 3 is 2.10 bits per heavy atom. The average molecular weight is 402 g/mol. The van der Waals surface area contributed by atoms with Crippen LogP contribution in [0.15, 0.2) is 42.5 Å². The van der Waals surface area contributed by atoms with Gasteiger partial charge in [0.2, 0.25) is 0 Å². The summed E-state index contributed by atoms with van der Waals surface area (Å²) in [5.74, 6) is -6.21. The van der Waals surface area contributed by atoms with Crippen molar-refractivity contribution in [2.24, 2.45) is 0 Å². The van der Waals surface area contributed by atoms with Gasteiger partial charge in [0, 0.05) is 0 Å². The standard InChI is InChI=1S/C24H19F5/c1-2-13-3-5-14(6-4-13)15-7-8-18-16(9-15)10-19(25)22(23(18)28)17-11-20(26)24(29)21(27)12-17/h3-6,10-12,15H,2,7-9H2,1H3. The molecule has 0 amide bonds. The molecule has 3 aromatic rings. The Hall–Kier alpha value is -2.69. The van der Waals surface area contributed by atoms with Gasteiger partial charge in [0.1, 0.15) is 11.6 Å². The van der Waals surface area contributed by atoms with Crippen molar-refractivity contribution in [3.63, 3.8) is 0 Å². The number of aryl methyl sites for hydroxylation is 1. The SMILES string of the molecule is CCc1ccc(C2CCc3c(cc(F)c(-c4cc(F)c(F)c(F)c4)c3F)C2)cc1. The lowest BCUT2D eigenvalue weighted by Gasteiger charge is -2.26. The van der Waals surface area contributed by atoms with Crippen molar-refractivity contribution in [2.45, 2.75) is 38.5 Å². The fourth-order valence-electron chi connectivity index (χ4n) is 4.12. The monoisotopic (exact) mass is 402 g/mol. The lowest BCUT2D eigenvalue weighted by Crippen LogP contribution is -2.16. The van der Waals surface area contributed by atoms with Crippen LogP contribution >= 0.6 is 0 Å². The second-order valence-electron chi connectivity index (χ2n) is 7.47. The number of rotatable bonds is 3. The maximum Gasteiger partial charge on any atom is 0.194 e. The Labute approximate surface area is 166 Å². The minimum absolute atomic E-state index is 0.152. The number of hydrogen-bond acceptors (Lipinski definition) is 0. The highest BCUT2D eigenvalue weighted by molar-refractivity contribution is 5.67. The van der Waals surface area contributed by atoms with Crippen molar-refractivity contribution < 1.29 is 22.0 Å². The number of benzene rings is 3. The fourth-order valence-corrected chi connectivity index (χ4v) is 4.12. The van der Waals surface area contributed by atoms with Crippen LogP contribution in [0.1, 0.15) is 41.5 Å². The van der Waals surface area contributed by atoms with Gasteiger partial charge >= 0.3 is 0 Å². The van der Waals surface area contributed by atoms with Crippen molar-refractivity contribution in [3.05, 3.63) is 93.8 Å². The molecule has 29 heavy (non-hydrogen) atoms. The maximum absolute atomic E-state index is 15.1. The van der Waals surface area contributed by atoms with Gasteiger partial charge in [-0.1, -0.05) is 31.2 Å². The van der Waals surface area contributed by atoms with E-state index in [0.717, 1.165) is 12.0 Å². The minimum Gasteiger partial charge on any atom is -0.206 e. The third-order valence-electron chi connectivity index (χ3n) is 5.75. The van der Waals surface area contributed by atoms with Gasteiger partial charge < -0.3 is 0 Å². The van der Waals surface area contributed by atoms with Crippen molar-refractivity contribution in [2.75, 3.05) is 0 Å². The van der Waals surface area contributed by atoms with Crippen molar-refractivity contribution in [3.8, 4) is 11.1 Å². The Morgan fingerprint density at radius 2 is 1.48 bits per heavy atom. The molecule has 0 nitrogen and oxygen atoms in total. The molecule has 0 fully saturated rings. The molecule has 1 unspecified atom stereocenters. The fraction of sp³-hybridized carbons (Fsp3) is 0.250. The van der Waals surface area contributed by atoms with Gasteiger partial charge in [-0.15, -0.1) is 0 Å². The van der Waals surface area contributed by atoms with Crippen molar-refractivity contribution in [1.29, 1.82) is 0 Å². The first-order chi connectivity index (χ1) is 13.9. The summed E-state index contributed by atoms with van der Waals surface area (Å²) in [7, 11) is 0. The van der Waals surface area contributed by atoms with Crippen molar-refractivity contribution >= 4 is 0 Å². The Kier molecular flexibility index (Phi) is 5.15. The highest BCUT2D eigenvalue weighted by Crippen LogP contribution is 2.39. The number of hydrogen-bond donors (Lipinski definition) is 0. The van der Waals surface area contributed by atoms with E-state index >= 15 is 4.39 Å². The zero-order valence-electron chi connectivity index (χ0n) is 15.8. The van der Waals surface area contributed by atoms with Crippen LogP contribution in [0, 0.1) is 29.1 Å². The van der Waals surface area contributed by atoms with Gasteiger partial charge in [-0.05, 0) is 77.6 Å². The van der Waals surface area contributed by atoms with E-state index in [4.69, 9.17) is 0 Å². The third kappa shape index (κ3) is 3.54. The van der Waals surface area contributed by atoms with Crippen LogP contribution in [0.2, 0.25) is 0 Å². The maximum atomic E-state index is 15.1. The van der Waals surface area contributed by atoms with E-state index in [9.17, 15) is 17.6 Å². The molecule has 1 aliphatic carbocycles. The van der Waals surface area contributed by atoms with Crippen LogP contribution in [0.25, 0.3) is 11.1 Å². The highest BCUT2D eigenvalue weighted by atomic mass is 19.2. The summed E-state index contributed by atoms with van der Waals surface area (Å²) >= 11 is 0. The van der Waals surface area contributed by atoms with E-state index in [1.165, 1.54) is 11.6 Å². The molecule has 0 saturated heterocycles. The van der Waals surface area contributed by atoms with Crippen molar-refractivity contribution in [1.82, 2.24) is 0 Å². The van der Waals surface area contributed by atoms with Gasteiger partial charge in [-0.25, -0.2) is 22.0 Å². The highest BCUT2D eigenvalue weighted by Gasteiger charge is 2.27. The Morgan fingerprint density at radius 1 is 0.828 bits per heavy atom. The summed E-state index contributed by atoms with van der Waals surface area (Å²) < 4.78 is 70.2. The predicted molar refractivity (Wildman–Crippen MR) is 102 cm³/mol. The second kappa shape index (κ2) is 7.62. The molecule has 0 N–H and O–H groups in total. The van der Waals surface area contributed by atoms with Gasteiger partial charge in [0.15, 0.2) is 17.5 Å². The van der Waals surface area contributed by atoms with E-state index in [0.29, 0.717) is 42.5 Å². The van der Waals surface area contributed by atoms with E-state index in [-0.39, 0.29) is 11.5 Å². The molecular weight excluding hydrogens is 383 g/mol. The molecule has 0 saturated carbocycles. The Bertz CT molecular complexity index is 1050. The lowest BCUT2D eigenvalue weighted by atomic mass is 9.78. The van der Waals surface area contributed by atoms with Crippen LogP contribution in [0.5, 0.6) is 0 Å². The zero-order valence-corrected chi connectivity index (χ0v) is 15.8. The second-order valence-corrected chi connectivity index (χ2v) is 7.47. The van der Waals surface area contributed by atoms with Gasteiger partial charge in [-0.2, -0.15) is 0 Å². The Balaban J connectivity index is 1.71. The smallest absolute Gasteiger partial charge is 0.194 e. The first kappa shape index (κ1) is 19.6. The van der Waals surface area contributed by atoms with E-state index < -0.39 is 34.6 Å². The molecule has 5 heteroatoms. The summed E-state index contributed by atoms with van der Waals surface area (Å²) in [4.78, 5) is 0. The molecule has 0 aromatic heterocycles. The quantitative estimate of drug-likeness (QED) is 0.331. The van der Waals surface area contributed by atoms with Gasteiger partial charge in [-0.3, -0.25) is 0 Å². The topological polar surface area (TPSA) is 0 Å². The lowest BCUT2D eigenvalue weighted by molar-refractivity contribution is 0.447. The predicted octanol–water partition coefficient (Wildman–Crippen LogP) is 6.88. The van der Waals surface area contributed by atoms with E-state index in [1.54, 1.807) is 0 Å². The van der Waals surface area contributed by atoms with E-state index in [2.05, 4.69) is 31.2 Å². The molecule has 0 heterocycles. The largest absolute Gasteiger partial charge is 0.206 e. The van der Waals surface area contributed by atoms with Crippen LogP contribution in [-0.4, -0.2) is 0 Å². The molecule has 1 aliphatic rings. The molecule has 4 rings (SSSR count). The molecule has 1 atom stereocenters. The molecule has 0 radical (unpaired) electrons. The molecule has 0 aliphatic heterocycles. The summed E-state index contributed by atoms with van der Waals surface area (Å²) in [6, 6.07) is 10.7. The average Bonchev–Trinajstić information content (AvgIpc) is 2.71. The minimum atomic E-state index is -1.66. The zero-order chi connectivity index (χ0) is 20.7. The summed E-state index contributed by atoms with van der Waals surface area (Å²) in [5.41, 5.74) is 2.39. The third-order valence-corrected chi connectivity index (χ3v) is 5.75. The molecule has 0 spiro atoms. The van der Waals surface area contributed by atoms with Gasteiger partial charge in [0.05, 0.1) is 5.56 Å². The molecular formula is C24H19F5. The van der Waals surface area contributed by atoms with Gasteiger partial charge in [0.25, 0.3) is 0 Å². The summed E-state index contributed by atoms with van der Waals surface area (Å²) in [6.45, 7) is 2.08. The molecule has 0 bridgehead atoms. The van der Waals surface area contributed by atoms with Crippen LogP contribution in [-0.2, 0) is 19.3 Å². The first-order valence-corrected chi connectivity index (χ1v) is 9.62. The summed E-state index contributed by atoms with van der Waals surface area (Å²) in [6.07, 6.45) is 2.51. The van der Waals surface area contributed by atoms with Crippen LogP contribution in [0.3, 0.4) is 0 Å². The number of fused-ring (bicyclic) bond motifs is 1. The molecule has 3 aromatic carbocycles. The number of halogens is 5. The normalized spacial score (nSPS) is 16.0. The molecule has 150 valence electrons. The summed E-state index contributed by atoms with van der Waals surface area (Å²) in [5, 5.41) is 0. The van der Waals surface area contributed by atoms with Crippen LogP contribution < -0.4 is 0 Å². The first-order valence-electron chi connectivity index (χ1n) is 9.62. The van der Waals surface area contributed by atoms with Crippen LogP contribution in [0.4, 0.5) is 22.0 Å². The van der Waals surface area contributed by atoms with E-state index in [1.807, 2.05) is 0 Å².